The minimum Gasteiger partial charge on any atom is -0.381 e. The van der Waals surface area contributed by atoms with Crippen molar-refractivity contribution >= 4 is 28.5 Å². The minimum absolute atomic E-state index is 0.0994. The summed E-state index contributed by atoms with van der Waals surface area (Å²) in [5.41, 5.74) is 3.43. The highest BCUT2D eigenvalue weighted by molar-refractivity contribution is 6.05. The largest absolute Gasteiger partial charge is 0.381 e. The predicted octanol–water partition coefficient (Wildman–Crippen LogP) is 2.63. The second kappa shape index (κ2) is 8.50. The van der Waals surface area contributed by atoms with Crippen LogP contribution in [-0.2, 0) is 4.74 Å². The van der Waals surface area contributed by atoms with E-state index in [1.165, 1.54) is 4.90 Å². The third kappa shape index (κ3) is 4.25. The first kappa shape index (κ1) is 19.8. The van der Waals surface area contributed by atoms with Crippen LogP contribution in [0.3, 0.4) is 0 Å². The average Bonchev–Trinajstić information content (AvgIpc) is 3.18. The topological polar surface area (TPSA) is 112 Å². The first-order valence-electron chi connectivity index (χ1n) is 9.82. The monoisotopic (exact) mass is 408 g/mol. The molecule has 1 aliphatic rings. The number of hydrogen-bond acceptors (Lipinski definition) is 5. The Morgan fingerprint density at radius 2 is 1.93 bits per heavy atom. The van der Waals surface area contributed by atoms with Crippen LogP contribution in [0.15, 0.2) is 36.7 Å². The molecule has 0 atom stereocenters. The number of nitrogens with zero attached hydrogens (tertiary/aromatic N) is 3. The lowest BCUT2D eigenvalue weighted by Crippen LogP contribution is -2.39. The number of carbonyl (C=O) groups is 2. The Labute approximate surface area is 173 Å². The number of pyridine rings is 1. The van der Waals surface area contributed by atoms with E-state index in [1.807, 2.05) is 24.3 Å². The summed E-state index contributed by atoms with van der Waals surface area (Å²) < 4.78 is 5.35. The molecule has 0 saturated carbocycles. The van der Waals surface area contributed by atoms with Gasteiger partial charge in [-0.2, -0.15) is 5.10 Å². The molecule has 3 amide bonds. The van der Waals surface area contributed by atoms with Crippen molar-refractivity contribution in [3.05, 3.63) is 42.4 Å². The number of nitrogens with one attached hydrogen (secondary N) is 3. The summed E-state index contributed by atoms with van der Waals surface area (Å²) in [4.78, 5) is 30.4. The van der Waals surface area contributed by atoms with Gasteiger partial charge in [-0.15, -0.1) is 0 Å². The number of hydrogen-bond donors (Lipinski definition) is 3. The van der Waals surface area contributed by atoms with E-state index < -0.39 is 0 Å². The molecular formula is C21H24N6O3. The van der Waals surface area contributed by atoms with Crippen molar-refractivity contribution in [2.45, 2.75) is 18.9 Å². The molecule has 0 spiro atoms. The summed E-state index contributed by atoms with van der Waals surface area (Å²) >= 11 is 0. The van der Waals surface area contributed by atoms with Crippen molar-refractivity contribution in [2.75, 3.05) is 32.6 Å². The van der Waals surface area contributed by atoms with E-state index in [0.717, 1.165) is 34.9 Å². The standard InChI is InChI=1S/C21H24N6O3/c1-27(2)21(29)24-16-9-14(11-22-12-16)13-3-4-18-17(10-13)19(26-25-18)20(28)23-15-5-7-30-8-6-15/h3-4,9-12,15H,5-8H2,1-2H3,(H,23,28)(H,24,29)(H,25,26). The lowest BCUT2D eigenvalue weighted by molar-refractivity contribution is 0.0695. The van der Waals surface area contributed by atoms with E-state index in [0.29, 0.717) is 24.6 Å². The normalized spacial score (nSPS) is 14.5. The van der Waals surface area contributed by atoms with Gasteiger partial charge >= 0.3 is 6.03 Å². The summed E-state index contributed by atoms with van der Waals surface area (Å²) in [6, 6.07) is 7.43. The second-order valence-electron chi connectivity index (χ2n) is 7.48. The molecule has 4 rings (SSSR count). The van der Waals surface area contributed by atoms with E-state index in [2.05, 4.69) is 25.8 Å². The Bertz CT molecular complexity index is 1070. The molecule has 1 fully saturated rings. The number of ether oxygens (including phenoxy) is 1. The number of amides is 3. The Kier molecular flexibility index (Phi) is 5.62. The molecule has 0 bridgehead atoms. The predicted molar refractivity (Wildman–Crippen MR) is 113 cm³/mol. The molecule has 9 heteroatoms. The molecular weight excluding hydrogens is 384 g/mol. The molecule has 30 heavy (non-hydrogen) atoms. The quantitative estimate of drug-likeness (QED) is 0.614. The van der Waals surface area contributed by atoms with Crippen molar-refractivity contribution < 1.29 is 14.3 Å². The maximum absolute atomic E-state index is 12.8. The molecule has 1 aliphatic heterocycles. The molecule has 0 aliphatic carbocycles. The fourth-order valence-electron chi connectivity index (χ4n) is 3.36. The summed E-state index contributed by atoms with van der Waals surface area (Å²) in [6.07, 6.45) is 4.91. The van der Waals surface area contributed by atoms with Crippen LogP contribution in [0.25, 0.3) is 22.0 Å². The highest BCUT2D eigenvalue weighted by Crippen LogP contribution is 2.27. The fraction of sp³-hybridized carbons (Fsp3) is 0.333. The van der Waals surface area contributed by atoms with E-state index >= 15 is 0 Å². The number of H-pyrrole nitrogens is 1. The van der Waals surface area contributed by atoms with Gasteiger partial charge in [-0.3, -0.25) is 14.9 Å². The zero-order valence-electron chi connectivity index (χ0n) is 16.9. The highest BCUT2D eigenvalue weighted by Gasteiger charge is 2.20. The van der Waals surface area contributed by atoms with E-state index in [4.69, 9.17) is 4.74 Å². The average molecular weight is 408 g/mol. The molecule has 3 N–H and O–H groups in total. The van der Waals surface area contributed by atoms with Gasteiger partial charge in [0, 0.05) is 50.5 Å². The van der Waals surface area contributed by atoms with Crippen LogP contribution >= 0.6 is 0 Å². The van der Waals surface area contributed by atoms with Crippen LogP contribution in [0.2, 0.25) is 0 Å². The van der Waals surface area contributed by atoms with Gasteiger partial charge in [-0.05, 0) is 36.6 Å². The summed E-state index contributed by atoms with van der Waals surface area (Å²) in [7, 11) is 3.35. The number of carbonyl (C=O) groups excluding carboxylic acids is 2. The number of aromatic nitrogens is 3. The maximum Gasteiger partial charge on any atom is 0.321 e. The van der Waals surface area contributed by atoms with Crippen LogP contribution in [0, 0.1) is 0 Å². The van der Waals surface area contributed by atoms with Crippen molar-refractivity contribution in [2.24, 2.45) is 0 Å². The van der Waals surface area contributed by atoms with Crippen molar-refractivity contribution in [3.63, 3.8) is 0 Å². The third-order valence-corrected chi connectivity index (χ3v) is 5.06. The number of aromatic amines is 1. The lowest BCUT2D eigenvalue weighted by Gasteiger charge is -2.22. The van der Waals surface area contributed by atoms with Gasteiger partial charge in [0.25, 0.3) is 5.91 Å². The van der Waals surface area contributed by atoms with Gasteiger partial charge in [0.05, 0.1) is 17.4 Å². The van der Waals surface area contributed by atoms with Gasteiger partial charge in [0.15, 0.2) is 5.69 Å². The summed E-state index contributed by atoms with van der Waals surface area (Å²) in [6.45, 7) is 1.31. The zero-order valence-corrected chi connectivity index (χ0v) is 16.9. The van der Waals surface area contributed by atoms with Crippen LogP contribution < -0.4 is 10.6 Å². The Morgan fingerprint density at radius 1 is 1.13 bits per heavy atom. The fourth-order valence-corrected chi connectivity index (χ4v) is 3.36. The molecule has 0 radical (unpaired) electrons. The number of rotatable bonds is 4. The number of anilines is 1. The highest BCUT2D eigenvalue weighted by atomic mass is 16.5. The van der Waals surface area contributed by atoms with Crippen molar-refractivity contribution in [1.29, 1.82) is 0 Å². The molecule has 3 aromatic rings. The second-order valence-corrected chi connectivity index (χ2v) is 7.48. The number of urea groups is 1. The third-order valence-electron chi connectivity index (χ3n) is 5.06. The van der Waals surface area contributed by atoms with Crippen molar-refractivity contribution in [1.82, 2.24) is 25.4 Å². The van der Waals surface area contributed by atoms with Crippen LogP contribution in [0.5, 0.6) is 0 Å². The number of fused-ring (bicyclic) bond motifs is 1. The van der Waals surface area contributed by atoms with Gasteiger partial charge < -0.3 is 20.3 Å². The molecule has 1 aromatic carbocycles. The smallest absolute Gasteiger partial charge is 0.321 e. The molecule has 0 unspecified atom stereocenters. The Balaban J connectivity index is 1.59. The molecule has 156 valence electrons. The molecule has 9 nitrogen and oxygen atoms in total. The van der Waals surface area contributed by atoms with Gasteiger partial charge in [0.1, 0.15) is 0 Å². The SMILES string of the molecule is CN(C)C(=O)Nc1cncc(-c2ccc3[nH]nc(C(=O)NC4CCOCC4)c3c2)c1. The van der Waals surface area contributed by atoms with Gasteiger partial charge in [0.2, 0.25) is 0 Å². The van der Waals surface area contributed by atoms with E-state index in [9.17, 15) is 9.59 Å². The van der Waals surface area contributed by atoms with Gasteiger partial charge in [-0.1, -0.05) is 6.07 Å². The van der Waals surface area contributed by atoms with Crippen LogP contribution in [0.1, 0.15) is 23.3 Å². The lowest BCUT2D eigenvalue weighted by atomic mass is 10.0. The Hall–Kier alpha value is -3.46. The minimum atomic E-state index is -0.230. The Morgan fingerprint density at radius 3 is 2.70 bits per heavy atom. The van der Waals surface area contributed by atoms with Gasteiger partial charge in [-0.25, -0.2) is 4.79 Å². The van der Waals surface area contributed by atoms with E-state index in [1.54, 1.807) is 26.5 Å². The molecule has 2 aromatic heterocycles. The summed E-state index contributed by atoms with van der Waals surface area (Å²) in [5.74, 6) is -0.199. The first-order valence-corrected chi connectivity index (χ1v) is 9.82. The van der Waals surface area contributed by atoms with Crippen molar-refractivity contribution in [3.8, 4) is 11.1 Å². The number of benzene rings is 1. The zero-order chi connectivity index (χ0) is 21.1. The van der Waals surface area contributed by atoms with Crippen LogP contribution in [0.4, 0.5) is 10.5 Å². The van der Waals surface area contributed by atoms with E-state index in [-0.39, 0.29) is 18.0 Å². The van der Waals surface area contributed by atoms with Crippen LogP contribution in [-0.4, -0.2) is 65.4 Å². The first-order chi connectivity index (χ1) is 14.5. The molecule has 3 heterocycles. The maximum atomic E-state index is 12.8. The summed E-state index contributed by atoms with van der Waals surface area (Å²) in [5, 5.41) is 13.7. The molecule has 1 saturated heterocycles.